The molecule has 5 heteroatoms. The molecule has 3 N–H and O–H groups in total. The van der Waals surface area contributed by atoms with Gasteiger partial charge in [0.15, 0.2) is 0 Å². The SMILES string of the molecule is CCN(C(=O)c1ccc(NC(=O)CCc2cccc(N)c2)cc1)c1ccccc1. The van der Waals surface area contributed by atoms with Crippen molar-refractivity contribution in [3.05, 3.63) is 90.0 Å². The highest BCUT2D eigenvalue weighted by Crippen LogP contribution is 2.18. The van der Waals surface area contributed by atoms with Crippen LogP contribution in [0.1, 0.15) is 29.3 Å². The minimum Gasteiger partial charge on any atom is -0.399 e. The van der Waals surface area contributed by atoms with Crippen LogP contribution in [-0.2, 0) is 11.2 Å². The van der Waals surface area contributed by atoms with E-state index >= 15 is 0 Å². The topological polar surface area (TPSA) is 75.4 Å². The summed E-state index contributed by atoms with van der Waals surface area (Å²) >= 11 is 0. The number of carbonyl (C=O) groups is 2. The van der Waals surface area contributed by atoms with E-state index < -0.39 is 0 Å². The molecule has 3 aromatic rings. The maximum absolute atomic E-state index is 12.8. The summed E-state index contributed by atoms with van der Waals surface area (Å²) < 4.78 is 0. The van der Waals surface area contributed by atoms with E-state index in [9.17, 15) is 9.59 Å². The standard InChI is InChI=1S/C24H25N3O2/c1-2-27(22-9-4-3-5-10-22)24(29)19-12-14-21(15-13-19)26-23(28)16-11-18-7-6-8-20(25)17-18/h3-10,12-15,17H,2,11,16,25H2,1H3,(H,26,28). The van der Waals surface area contributed by atoms with Gasteiger partial charge in [-0.1, -0.05) is 30.3 Å². The molecule has 3 rings (SSSR count). The monoisotopic (exact) mass is 387 g/mol. The van der Waals surface area contributed by atoms with Crippen molar-refractivity contribution in [2.75, 3.05) is 22.5 Å². The second kappa shape index (κ2) is 9.55. The highest BCUT2D eigenvalue weighted by Gasteiger charge is 2.15. The normalized spacial score (nSPS) is 10.4. The molecule has 2 amide bonds. The molecule has 0 saturated heterocycles. The molecule has 0 radical (unpaired) electrons. The van der Waals surface area contributed by atoms with Gasteiger partial charge in [0.1, 0.15) is 0 Å². The van der Waals surface area contributed by atoms with Crippen LogP contribution < -0.4 is 16.0 Å². The summed E-state index contributed by atoms with van der Waals surface area (Å²) in [6.07, 6.45) is 0.984. The van der Waals surface area contributed by atoms with Crippen LogP contribution in [0.3, 0.4) is 0 Å². The van der Waals surface area contributed by atoms with Gasteiger partial charge in [-0.3, -0.25) is 9.59 Å². The first-order chi connectivity index (χ1) is 14.1. The molecule has 0 spiro atoms. The van der Waals surface area contributed by atoms with E-state index in [0.717, 1.165) is 11.3 Å². The third-order valence-electron chi connectivity index (χ3n) is 4.64. The zero-order valence-corrected chi connectivity index (χ0v) is 16.5. The zero-order chi connectivity index (χ0) is 20.6. The number of hydrogen-bond donors (Lipinski definition) is 2. The maximum Gasteiger partial charge on any atom is 0.258 e. The molecule has 0 atom stereocenters. The van der Waals surface area contributed by atoms with Crippen LogP contribution in [0.15, 0.2) is 78.9 Å². The van der Waals surface area contributed by atoms with Gasteiger partial charge in [-0.05, 0) is 67.4 Å². The summed E-state index contributed by atoms with van der Waals surface area (Å²) in [7, 11) is 0. The Bertz CT molecular complexity index is 969. The summed E-state index contributed by atoms with van der Waals surface area (Å²) in [6.45, 7) is 2.52. The molecule has 0 aliphatic carbocycles. The number of rotatable bonds is 7. The fourth-order valence-corrected chi connectivity index (χ4v) is 3.13. The quantitative estimate of drug-likeness (QED) is 0.586. The molecule has 0 bridgehead atoms. The number of benzene rings is 3. The summed E-state index contributed by atoms with van der Waals surface area (Å²) in [6, 6.07) is 24.1. The van der Waals surface area contributed by atoms with Crippen molar-refractivity contribution in [3.63, 3.8) is 0 Å². The summed E-state index contributed by atoms with van der Waals surface area (Å²) in [4.78, 5) is 26.8. The van der Waals surface area contributed by atoms with E-state index in [2.05, 4.69) is 5.32 Å². The molecule has 29 heavy (non-hydrogen) atoms. The van der Waals surface area contributed by atoms with Crippen molar-refractivity contribution in [3.8, 4) is 0 Å². The lowest BCUT2D eigenvalue weighted by atomic mass is 10.1. The summed E-state index contributed by atoms with van der Waals surface area (Å²) in [5, 5.41) is 2.87. The average Bonchev–Trinajstić information content (AvgIpc) is 2.74. The number of para-hydroxylation sites is 1. The summed E-state index contributed by atoms with van der Waals surface area (Å²) in [5.41, 5.74) is 9.59. The van der Waals surface area contributed by atoms with Gasteiger partial charge in [-0.15, -0.1) is 0 Å². The van der Waals surface area contributed by atoms with Crippen molar-refractivity contribution in [2.45, 2.75) is 19.8 Å². The largest absolute Gasteiger partial charge is 0.399 e. The number of aryl methyl sites for hydroxylation is 1. The summed E-state index contributed by atoms with van der Waals surface area (Å²) in [5.74, 6) is -0.149. The first kappa shape index (κ1) is 20.1. The minimum atomic E-state index is -0.0778. The first-order valence-electron chi connectivity index (χ1n) is 9.68. The Morgan fingerprint density at radius 3 is 2.31 bits per heavy atom. The lowest BCUT2D eigenvalue weighted by Crippen LogP contribution is -2.30. The van der Waals surface area contributed by atoms with Gasteiger partial charge in [0.05, 0.1) is 0 Å². The van der Waals surface area contributed by atoms with Gasteiger partial charge in [-0.2, -0.15) is 0 Å². The number of anilines is 3. The van der Waals surface area contributed by atoms with Crippen molar-refractivity contribution >= 4 is 28.9 Å². The van der Waals surface area contributed by atoms with E-state index in [1.165, 1.54) is 0 Å². The Kier molecular flexibility index (Phi) is 6.63. The second-order valence-corrected chi connectivity index (χ2v) is 6.76. The molecular weight excluding hydrogens is 362 g/mol. The second-order valence-electron chi connectivity index (χ2n) is 6.76. The number of hydrogen-bond acceptors (Lipinski definition) is 3. The Labute approximate surface area is 171 Å². The third kappa shape index (κ3) is 5.45. The lowest BCUT2D eigenvalue weighted by molar-refractivity contribution is -0.116. The molecule has 0 unspecified atom stereocenters. The van der Waals surface area contributed by atoms with Gasteiger partial charge < -0.3 is 16.0 Å². The zero-order valence-electron chi connectivity index (χ0n) is 16.5. The molecule has 0 aliphatic heterocycles. The van der Waals surface area contributed by atoms with Gasteiger partial charge in [0, 0.05) is 35.6 Å². The Morgan fingerprint density at radius 1 is 0.931 bits per heavy atom. The fourth-order valence-electron chi connectivity index (χ4n) is 3.13. The molecule has 0 saturated carbocycles. The van der Waals surface area contributed by atoms with Gasteiger partial charge in [-0.25, -0.2) is 0 Å². The molecule has 0 heterocycles. The Morgan fingerprint density at radius 2 is 1.66 bits per heavy atom. The van der Waals surface area contributed by atoms with Gasteiger partial charge in [0.2, 0.25) is 5.91 Å². The molecule has 148 valence electrons. The number of nitrogens with one attached hydrogen (secondary N) is 1. The van der Waals surface area contributed by atoms with Crippen molar-refractivity contribution in [2.24, 2.45) is 0 Å². The predicted octanol–water partition coefficient (Wildman–Crippen LogP) is 4.51. The average molecular weight is 387 g/mol. The predicted molar refractivity (Wildman–Crippen MR) is 118 cm³/mol. The number of nitrogens with two attached hydrogens (primary N) is 1. The van der Waals surface area contributed by atoms with Crippen LogP contribution in [-0.4, -0.2) is 18.4 Å². The van der Waals surface area contributed by atoms with Crippen LogP contribution in [0.4, 0.5) is 17.1 Å². The molecule has 0 fully saturated rings. The van der Waals surface area contributed by atoms with Crippen LogP contribution in [0.25, 0.3) is 0 Å². The van der Waals surface area contributed by atoms with Crippen LogP contribution >= 0.6 is 0 Å². The maximum atomic E-state index is 12.8. The molecule has 5 nitrogen and oxygen atoms in total. The smallest absolute Gasteiger partial charge is 0.258 e. The van der Waals surface area contributed by atoms with Gasteiger partial charge >= 0.3 is 0 Å². The van der Waals surface area contributed by atoms with Gasteiger partial charge in [0.25, 0.3) is 5.91 Å². The highest BCUT2D eigenvalue weighted by molar-refractivity contribution is 6.06. The van der Waals surface area contributed by atoms with E-state index in [4.69, 9.17) is 5.73 Å². The minimum absolute atomic E-state index is 0.0711. The fraction of sp³-hybridized carbons (Fsp3) is 0.167. The van der Waals surface area contributed by atoms with E-state index in [1.54, 1.807) is 29.2 Å². The molecule has 0 aromatic heterocycles. The molecule has 0 aliphatic rings. The van der Waals surface area contributed by atoms with E-state index in [-0.39, 0.29) is 11.8 Å². The van der Waals surface area contributed by atoms with Crippen LogP contribution in [0.2, 0.25) is 0 Å². The highest BCUT2D eigenvalue weighted by atomic mass is 16.2. The van der Waals surface area contributed by atoms with Crippen molar-refractivity contribution in [1.29, 1.82) is 0 Å². The molecular formula is C24H25N3O2. The third-order valence-corrected chi connectivity index (χ3v) is 4.64. The number of carbonyl (C=O) groups excluding carboxylic acids is 2. The van der Waals surface area contributed by atoms with E-state index in [1.807, 2.05) is 61.5 Å². The first-order valence-corrected chi connectivity index (χ1v) is 9.68. The van der Waals surface area contributed by atoms with E-state index in [0.29, 0.717) is 36.3 Å². The molecule has 3 aromatic carbocycles. The number of nitrogens with zero attached hydrogens (tertiary/aromatic N) is 1. The Hall–Kier alpha value is -3.60. The lowest BCUT2D eigenvalue weighted by Gasteiger charge is -2.21. The van der Waals surface area contributed by atoms with Crippen LogP contribution in [0.5, 0.6) is 0 Å². The van der Waals surface area contributed by atoms with Crippen molar-refractivity contribution < 1.29 is 9.59 Å². The Balaban J connectivity index is 1.59. The van der Waals surface area contributed by atoms with Crippen molar-refractivity contribution in [1.82, 2.24) is 0 Å². The number of amides is 2. The van der Waals surface area contributed by atoms with Crippen LogP contribution in [0, 0.1) is 0 Å². The number of nitrogen functional groups attached to an aromatic ring is 1.